The Bertz CT molecular complexity index is 2250. The van der Waals surface area contributed by atoms with E-state index in [1.807, 2.05) is 78.9 Å². The molecule has 0 amide bonds. The van der Waals surface area contributed by atoms with Gasteiger partial charge in [0.25, 0.3) is 0 Å². The summed E-state index contributed by atoms with van der Waals surface area (Å²) in [6.07, 6.45) is 0. The fraction of sp³-hybridized carbons (Fsp3) is 0. The van der Waals surface area contributed by atoms with E-state index in [0.717, 1.165) is 66.8 Å². The van der Waals surface area contributed by atoms with Crippen molar-refractivity contribution in [3.8, 4) is 66.8 Å². The fourth-order valence-electron chi connectivity index (χ4n) is 6.27. The number of hydrogen-bond donors (Lipinski definition) is 3. The number of hydrogen-bond acceptors (Lipinski definition) is 3. The zero-order valence-corrected chi connectivity index (χ0v) is 27.2. The van der Waals surface area contributed by atoms with Crippen LogP contribution in [0.25, 0.3) is 66.8 Å². The standard InChI is InChI=1S/C45H30O6/c46-43(47)37-22-10-31(11-23-37)28-4-16-34(17-5-28)40-2-1-3-41(35-18-6-29(7-19-35)32-12-24-38(25-13-32)44(48)49)42(40)36-20-8-30(9-21-36)33-14-26-39(27-15-33)45(50)51/h1-27H,(H,46,47)(H,48,49)(H,50,51). The highest BCUT2D eigenvalue weighted by Crippen LogP contribution is 2.41. The molecule has 6 nitrogen and oxygen atoms in total. The van der Waals surface area contributed by atoms with Gasteiger partial charge < -0.3 is 15.3 Å². The molecule has 0 bridgehead atoms. The number of carboxylic acids is 3. The van der Waals surface area contributed by atoms with E-state index < -0.39 is 17.9 Å². The lowest BCUT2D eigenvalue weighted by atomic mass is 9.86. The number of aromatic carboxylic acids is 3. The van der Waals surface area contributed by atoms with Crippen LogP contribution in [-0.4, -0.2) is 33.2 Å². The second kappa shape index (κ2) is 13.8. The molecule has 0 fully saturated rings. The average molecular weight is 667 g/mol. The predicted octanol–water partition coefficient (Wildman–Crippen LogP) is 10.8. The van der Waals surface area contributed by atoms with Gasteiger partial charge in [-0.05, 0) is 103 Å². The normalized spacial score (nSPS) is 10.8. The Balaban J connectivity index is 1.29. The molecule has 0 unspecified atom stereocenters. The summed E-state index contributed by atoms with van der Waals surface area (Å²) in [7, 11) is 0. The molecule has 3 N–H and O–H groups in total. The second-order valence-corrected chi connectivity index (χ2v) is 12.1. The third-order valence-corrected chi connectivity index (χ3v) is 9.03. The van der Waals surface area contributed by atoms with Crippen LogP contribution >= 0.6 is 0 Å². The fourth-order valence-corrected chi connectivity index (χ4v) is 6.27. The number of carboxylic acid groups (broad SMARTS) is 3. The molecule has 7 rings (SSSR count). The summed E-state index contributed by atoms with van der Waals surface area (Å²) < 4.78 is 0. The Kier molecular flexibility index (Phi) is 8.81. The molecule has 246 valence electrons. The summed E-state index contributed by atoms with van der Waals surface area (Å²) in [5.74, 6) is -2.88. The van der Waals surface area contributed by atoms with Crippen molar-refractivity contribution in [1.82, 2.24) is 0 Å². The van der Waals surface area contributed by atoms with Crippen LogP contribution < -0.4 is 0 Å². The molecule has 0 heterocycles. The van der Waals surface area contributed by atoms with E-state index in [0.29, 0.717) is 0 Å². The van der Waals surface area contributed by atoms with Crippen molar-refractivity contribution in [2.24, 2.45) is 0 Å². The highest BCUT2D eigenvalue weighted by molar-refractivity contribution is 5.96. The van der Waals surface area contributed by atoms with Crippen molar-refractivity contribution in [2.75, 3.05) is 0 Å². The van der Waals surface area contributed by atoms with Crippen LogP contribution in [0.4, 0.5) is 0 Å². The Morgan fingerprint density at radius 2 is 0.490 bits per heavy atom. The Hall–Kier alpha value is -7.05. The summed E-state index contributed by atoms with van der Waals surface area (Å²) >= 11 is 0. The molecule has 0 saturated carbocycles. The van der Waals surface area contributed by atoms with E-state index in [1.54, 1.807) is 36.4 Å². The number of benzene rings is 7. The van der Waals surface area contributed by atoms with Gasteiger partial charge in [0.1, 0.15) is 0 Å². The lowest BCUT2D eigenvalue weighted by Gasteiger charge is -2.17. The molecule has 0 radical (unpaired) electrons. The minimum atomic E-state index is -0.964. The van der Waals surface area contributed by atoms with Gasteiger partial charge >= 0.3 is 17.9 Å². The molecule has 7 aromatic rings. The van der Waals surface area contributed by atoms with E-state index in [4.69, 9.17) is 0 Å². The third kappa shape index (κ3) is 6.80. The van der Waals surface area contributed by atoms with Crippen molar-refractivity contribution in [3.63, 3.8) is 0 Å². The van der Waals surface area contributed by atoms with Gasteiger partial charge in [0.2, 0.25) is 0 Å². The SMILES string of the molecule is O=C(O)c1ccc(-c2ccc(-c3cccc(-c4ccc(-c5ccc(C(=O)O)cc5)cc4)c3-c3ccc(-c4ccc(C(=O)O)cc4)cc3)cc2)cc1. The average Bonchev–Trinajstić information content (AvgIpc) is 3.18. The van der Waals surface area contributed by atoms with Crippen LogP contribution in [0.5, 0.6) is 0 Å². The maximum atomic E-state index is 11.4. The van der Waals surface area contributed by atoms with Crippen molar-refractivity contribution >= 4 is 17.9 Å². The van der Waals surface area contributed by atoms with Gasteiger partial charge in [0.05, 0.1) is 16.7 Å². The summed E-state index contributed by atoms with van der Waals surface area (Å²) in [5.41, 5.74) is 12.5. The zero-order chi connectivity index (χ0) is 35.5. The lowest BCUT2D eigenvalue weighted by molar-refractivity contribution is 0.0686. The van der Waals surface area contributed by atoms with E-state index in [9.17, 15) is 29.7 Å². The summed E-state index contributed by atoms with van der Waals surface area (Å²) in [6, 6.07) is 51.4. The molecule has 0 saturated heterocycles. The van der Waals surface area contributed by atoms with Crippen LogP contribution in [0, 0.1) is 0 Å². The van der Waals surface area contributed by atoms with E-state index >= 15 is 0 Å². The second-order valence-electron chi connectivity index (χ2n) is 12.1. The highest BCUT2D eigenvalue weighted by Gasteiger charge is 2.16. The molecule has 6 heteroatoms. The molecule has 0 spiro atoms. The quantitative estimate of drug-likeness (QED) is 0.141. The minimum Gasteiger partial charge on any atom is -0.478 e. The maximum Gasteiger partial charge on any atom is 0.335 e. The smallest absolute Gasteiger partial charge is 0.335 e. The Morgan fingerprint density at radius 1 is 0.275 bits per heavy atom. The number of rotatable bonds is 9. The molecule has 0 aromatic heterocycles. The minimum absolute atomic E-state index is 0.237. The molecule has 0 aliphatic carbocycles. The van der Waals surface area contributed by atoms with Crippen LogP contribution in [0.2, 0.25) is 0 Å². The van der Waals surface area contributed by atoms with Crippen LogP contribution in [0.3, 0.4) is 0 Å². The van der Waals surface area contributed by atoms with Gasteiger partial charge in [0, 0.05) is 0 Å². The predicted molar refractivity (Wildman–Crippen MR) is 200 cm³/mol. The van der Waals surface area contributed by atoms with Gasteiger partial charge in [-0.15, -0.1) is 0 Å². The first-order valence-corrected chi connectivity index (χ1v) is 16.2. The monoisotopic (exact) mass is 666 g/mol. The van der Waals surface area contributed by atoms with Crippen LogP contribution in [0.1, 0.15) is 31.1 Å². The van der Waals surface area contributed by atoms with Crippen molar-refractivity contribution < 1.29 is 29.7 Å². The first kappa shape index (κ1) is 32.5. The Labute approximate surface area is 294 Å². The van der Waals surface area contributed by atoms with Gasteiger partial charge in [0.15, 0.2) is 0 Å². The van der Waals surface area contributed by atoms with Gasteiger partial charge in [-0.3, -0.25) is 0 Å². The topological polar surface area (TPSA) is 112 Å². The number of carbonyl (C=O) groups is 3. The van der Waals surface area contributed by atoms with Crippen LogP contribution in [-0.2, 0) is 0 Å². The van der Waals surface area contributed by atoms with E-state index in [1.165, 1.54) is 0 Å². The molecule has 0 aliphatic rings. The van der Waals surface area contributed by atoms with Gasteiger partial charge in [-0.25, -0.2) is 14.4 Å². The Morgan fingerprint density at radius 3 is 0.745 bits per heavy atom. The first-order chi connectivity index (χ1) is 24.7. The molecule has 7 aromatic carbocycles. The maximum absolute atomic E-state index is 11.4. The first-order valence-electron chi connectivity index (χ1n) is 16.2. The summed E-state index contributed by atoms with van der Waals surface area (Å²) in [5, 5.41) is 27.9. The summed E-state index contributed by atoms with van der Waals surface area (Å²) in [4.78, 5) is 34.0. The summed E-state index contributed by atoms with van der Waals surface area (Å²) in [6.45, 7) is 0. The van der Waals surface area contributed by atoms with Crippen LogP contribution in [0.15, 0.2) is 164 Å². The van der Waals surface area contributed by atoms with E-state index in [-0.39, 0.29) is 16.7 Å². The van der Waals surface area contributed by atoms with Gasteiger partial charge in [-0.2, -0.15) is 0 Å². The van der Waals surface area contributed by atoms with Crippen molar-refractivity contribution in [3.05, 3.63) is 180 Å². The molecule has 0 aliphatic heterocycles. The lowest BCUT2D eigenvalue weighted by Crippen LogP contribution is -1.95. The third-order valence-electron chi connectivity index (χ3n) is 9.03. The van der Waals surface area contributed by atoms with Crippen molar-refractivity contribution in [1.29, 1.82) is 0 Å². The van der Waals surface area contributed by atoms with E-state index in [2.05, 4.69) is 48.5 Å². The van der Waals surface area contributed by atoms with Gasteiger partial charge in [-0.1, -0.05) is 127 Å². The molecular weight excluding hydrogens is 636 g/mol. The molecular formula is C45H30O6. The molecule has 0 atom stereocenters. The van der Waals surface area contributed by atoms with Crippen molar-refractivity contribution in [2.45, 2.75) is 0 Å². The molecule has 51 heavy (non-hydrogen) atoms. The zero-order valence-electron chi connectivity index (χ0n) is 27.2. The largest absolute Gasteiger partial charge is 0.478 e. The highest BCUT2D eigenvalue weighted by atomic mass is 16.4.